The molecule has 4 aromatic rings. The van der Waals surface area contributed by atoms with E-state index < -0.39 is 0 Å². The van der Waals surface area contributed by atoms with Crippen LogP contribution in [0.5, 0.6) is 0 Å². The Balaban J connectivity index is 1.28. The number of rotatable bonds is 4. The molecule has 5 rings (SSSR count). The van der Waals surface area contributed by atoms with E-state index in [-0.39, 0.29) is 11.8 Å². The number of para-hydroxylation sites is 3. The fourth-order valence-electron chi connectivity index (χ4n) is 4.45. The summed E-state index contributed by atoms with van der Waals surface area (Å²) in [7, 11) is 0. The molecule has 0 saturated carbocycles. The van der Waals surface area contributed by atoms with Gasteiger partial charge in [-0.15, -0.1) is 0 Å². The van der Waals surface area contributed by atoms with E-state index in [1.807, 2.05) is 66.4 Å². The highest BCUT2D eigenvalue weighted by molar-refractivity contribution is 6.09. The van der Waals surface area contributed by atoms with Crippen LogP contribution >= 0.6 is 0 Å². The Morgan fingerprint density at radius 1 is 0.970 bits per heavy atom. The molecule has 0 bridgehead atoms. The number of nitrogens with one attached hydrogen (secondary N) is 2. The Labute approximate surface area is 192 Å². The van der Waals surface area contributed by atoms with Gasteiger partial charge in [-0.3, -0.25) is 9.59 Å². The number of fused-ring (bicyclic) bond motifs is 1. The molecule has 2 heterocycles. The highest BCUT2D eigenvalue weighted by Gasteiger charge is 2.27. The number of H-pyrrole nitrogens is 1. The first kappa shape index (κ1) is 20.9. The summed E-state index contributed by atoms with van der Waals surface area (Å²) in [5.41, 5.74) is 4.66. The van der Waals surface area contributed by atoms with Gasteiger partial charge in [0.25, 0.3) is 11.8 Å². The quantitative estimate of drug-likeness (QED) is 0.463. The lowest BCUT2D eigenvalue weighted by Gasteiger charge is -2.31. The number of likely N-dealkylation sites (tertiary alicyclic amines) is 1. The van der Waals surface area contributed by atoms with Crippen molar-refractivity contribution in [3.8, 4) is 0 Å². The lowest BCUT2D eigenvalue weighted by molar-refractivity contribution is 0.0712. The maximum Gasteiger partial charge on any atom is 0.255 e. The van der Waals surface area contributed by atoms with E-state index >= 15 is 0 Å². The number of aryl methyl sites for hydroxylation is 1. The molecule has 1 saturated heterocycles. The van der Waals surface area contributed by atoms with Crippen LogP contribution in [0.25, 0.3) is 11.0 Å². The molecular weight excluding hydrogens is 412 g/mol. The van der Waals surface area contributed by atoms with Crippen LogP contribution in [0.3, 0.4) is 0 Å². The number of imidazole rings is 1. The summed E-state index contributed by atoms with van der Waals surface area (Å²) in [4.78, 5) is 36.1. The summed E-state index contributed by atoms with van der Waals surface area (Å²) >= 11 is 0. The molecule has 166 valence electrons. The first-order valence-electron chi connectivity index (χ1n) is 11.3. The zero-order valence-electron chi connectivity index (χ0n) is 18.5. The third-order valence-electron chi connectivity index (χ3n) is 6.26. The Kier molecular flexibility index (Phi) is 5.65. The van der Waals surface area contributed by atoms with Gasteiger partial charge in [-0.25, -0.2) is 4.98 Å². The second-order valence-corrected chi connectivity index (χ2v) is 8.57. The summed E-state index contributed by atoms with van der Waals surface area (Å²) in [6.07, 6.45) is 1.70. The summed E-state index contributed by atoms with van der Waals surface area (Å²) in [6, 6.07) is 22.7. The zero-order chi connectivity index (χ0) is 22.8. The minimum Gasteiger partial charge on any atom is -0.342 e. The van der Waals surface area contributed by atoms with Crippen molar-refractivity contribution >= 4 is 28.5 Å². The number of aromatic nitrogens is 2. The molecule has 0 spiro atoms. The molecule has 2 N–H and O–H groups in total. The second kappa shape index (κ2) is 8.90. The molecular formula is C27H26N4O2. The number of piperidine rings is 1. The van der Waals surface area contributed by atoms with Crippen LogP contribution in [-0.4, -0.2) is 39.8 Å². The number of hydrogen-bond donors (Lipinski definition) is 2. The molecule has 0 atom stereocenters. The maximum atomic E-state index is 13.3. The number of carbonyl (C=O) groups excluding carboxylic acids is 2. The van der Waals surface area contributed by atoms with Gasteiger partial charge in [0, 0.05) is 24.6 Å². The van der Waals surface area contributed by atoms with Gasteiger partial charge in [0.05, 0.1) is 22.3 Å². The summed E-state index contributed by atoms with van der Waals surface area (Å²) in [5, 5.41) is 2.92. The average Bonchev–Trinajstić information content (AvgIpc) is 3.28. The third kappa shape index (κ3) is 4.37. The molecule has 1 aromatic heterocycles. The molecule has 2 amide bonds. The molecule has 33 heavy (non-hydrogen) atoms. The van der Waals surface area contributed by atoms with Crippen molar-refractivity contribution in [1.29, 1.82) is 0 Å². The number of hydrogen-bond acceptors (Lipinski definition) is 3. The van der Waals surface area contributed by atoms with Crippen LogP contribution in [0.2, 0.25) is 0 Å². The van der Waals surface area contributed by atoms with Crippen LogP contribution in [-0.2, 0) is 0 Å². The van der Waals surface area contributed by atoms with Gasteiger partial charge in [0.1, 0.15) is 5.82 Å². The average molecular weight is 439 g/mol. The fourth-order valence-corrected chi connectivity index (χ4v) is 4.45. The first-order valence-corrected chi connectivity index (χ1v) is 11.3. The summed E-state index contributed by atoms with van der Waals surface area (Å²) in [6.45, 7) is 3.25. The van der Waals surface area contributed by atoms with Crippen molar-refractivity contribution in [2.24, 2.45) is 0 Å². The van der Waals surface area contributed by atoms with E-state index in [0.29, 0.717) is 35.8 Å². The Bertz CT molecular complexity index is 1290. The number of amides is 2. The zero-order valence-corrected chi connectivity index (χ0v) is 18.5. The van der Waals surface area contributed by atoms with Gasteiger partial charge in [0.2, 0.25) is 0 Å². The van der Waals surface area contributed by atoms with Gasteiger partial charge < -0.3 is 15.2 Å². The van der Waals surface area contributed by atoms with Crippen molar-refractivity contribution < 1.29 is 9.59 Å². The largest absolute Gasteiger partial charge is 0.342 e. The lowest BCUT2D eigenvalue weighted by Crippen LogP contribution is -2.38. The van der Waals surface area contributed by atoms with E-state index in [0.717, 1.165) is 35.3 Å². The Morgan fingerprint density at radius 3 is 2.52 bits per heavy atom. The highest BCUT2D eigenvalue weighted by Crippen LogP contribution is 2.29. The standard InChI is InChI=1S/C27H26N4O2/c1-18-7-6-8-20(17-18)26(32)30-22-10-3-2-9-21(22)27(33)31-15-13-19(14-16-31)25-28-23-11-4-5-12-24(23)29-25/h2-12,17,19H,13-16H2,1H3,(H,28,29)(H,30,32). The predicted octanol–water partition coefficient (Wildman–Crippen LogP) is 5.14. The smallest absolute Gasteiger partial charge is 0.255 e. The van der Waals surface area contributed by atoms with Gasteiger partial charge in [-0.05, 0) is 56.2 Å². The third-order valence-corrected chi connectivity index (χ3v) is 6.26. The molecule has 6 nitrogen and oxygen atoms in total. The minimum absolute atomic E-state index is 0.0572. The normalized spacial score (nSPS) is 14.4. The topological polar surface area (TPSA) is 78.1 Å². The molecule has 1 fully saturated rings. The van der Waals surface area contributed by atoms with Crippen LogP contribution in [0.1, 0.15) is 50.9 Å². The van der Waals surface area contributed by atoms with Crippen LogP contribution in [0.4, 0.5) is 5.69 Å². The predicted molar refractivity (Wildman–Crippen MR) is 130 cm³/mol. The number of benzene rings is 3. The lowest BCUT2D eigenvalue weighted by atomic mass is 9.95. The van der Waals surface area contributed by atoms with Gasteiger partial charge in [0.15, 0.2) is 0 Å². The van der Waals surface area contributed by atoms with Crippen LogP contribution in [0, 0.1) is 6.92 Å². The number of aromatic amines is 1. The molecule has 3 aromatic carbocycles. The molecule has 0 aliphatic carbocycles. The summed E-state index contributed by atoms with van der Waals surface area (Å²) in [5.74, 6) is 1.02. The van der Waals surface area contributed by atoms with Crippen LogP contribution in [0.15, 0.2) is 72.8 Å². The van der Waals surface area contributed by atoms with E-state index in [4.69, 9.17) is 4.98 Å². The van der Waals surface area contributed by atoms with Crippen LogP contribution < -0.4 is 5.32 Å². The summed E-state index contributed by atoms with van der Waals surface area (Å²) < 4.78 is 0. The monoisotopic (exact) mass is 438 g/mol. The van der Waals surface area contributed by atoms with E-state index in [1.54, 1.807) is 18.2 Å². The molecule has 1 aliphatic rings. The molecule has 0 unspecified atom stereocenters. The van der Waals surface area contributed by atoms with Crippen molar-refractivity contribution in [2.45, 2.75) is 25.7 Å². The van der Waals surface area contributed by atoms with Crippen molar-refractivity contribution in [1.82, 2.24) is 14.9 Å². The van der Waals surface area contributed by atoms with Gasteiger partial charge >= 0.3 is 0 Å². The highest BCUT2D eigenvalue weighted by atomic mass is 16.2. The molecule has 6 heteroatoms. The van der Waals surface area contributed by atoms with Crippen molar-refractivity contribution in [2.75, 3.05) is 18.4 Å². The number of nitrogens with zero attached hydrogens (tertiary/aromatic N) is 2. The van der Waals surface area contributed by atoms with E-state index in [2.05, 4.69) is 10.3 Å². The van der Waals surface area contributed by atoms with Gasteiger partial charge in [-0.2, -0.15) is 0 Å². The van der Waals surface area contributed by atoms with Crippen molar-refractivity contribution in [3.63, 3.8) is 0 Å². The Hall–Kier alpha value is -3.93. The number of carbonyl (C=O) groups is 2. The SMILES string of the molecule is Cc1cccc(C(=O)Nc2ccccc2C(=O)N2CCC(c3nc4ccccc4[nH]3)CC2)c1. The first-order chi connectivity index (χ1) is 16.1. The van der Waals surface area contributed by atoms with Gasteiger partial charge in [-0.1, -0.05) is 42.0 Å². The maximum absolute atomic E-state index is 13.3. The van der Waals surface area contributed by atoms with E-state index in [1.165, 1.54) is 0 Å². The Morgan fingerprint density at radius 2 is 1.73 bits per heavy atom. The second-order valence-electron chi connectivity index (χ2n) is 8.57. The van der Waals surface area contributed by atoms with E-state index in [9.17, 15) is 9.59 Å². The van der Waals surface area contributed by atoms with Crippen molar-refractivity contribution in [3.05, 3.63) is 95.3 Å². The minimum atomic E-state index is -0.220. The molecule has 1 aliphatic heterocycles. The fraction of sp³-hybridized carbons (Fsp3) is 0.222. The molecule has 0 radical (unpaired) electrons. The number of anilines is 1.